The molecule has 0 spiro atoms. The van der Waals surface area contributed by atoms with Gasteiger partial charge in [0.2, 0.25) is 0 Å². The molecule has 1 unspecified atom stereocenters. The molecule has 1 aliphatic carbocycles. The van der Waals surface area contributed by atoms with Crippen molar-refractivity contribution >= 4 is 38.2 Å². The van der Waals surface area contributed by atoms with E-state index in [9.17, 15) is 5.11 Å². The van der Waals surface area contributed by atoms with Crippen LogP contribution in [0, 0.1) is 0 Å². The maximum absolute atomic E-state index is 10.3. The molecule has 9 nitrogen and oxygen atoms in total. The van der Waals surface area contributed by atoms with Crippen molar-refractivity contribution in [2.75, 3.05) is 17.7 Å². The Morgan fingerprint density at radius 1 is 1.24 bits per heavy atom. The first-order valence-electron chi connectivity index (χ1n) is 11.3. The van der Waals surface area contributed by atoms with Gasteiger partial charge in [0.05, 0.1) is 35.8 Å². The fourth-order valence-electron chi connectivity index (χ4n) is 4.15. The summed E-state index contributed by atoms with van der Waals surface area (Å²) in [7, 11) is 3.50. The summed E-state index contributed by atoms with van der Waals surface area (Å²) in [4.78, 5) is 9.09. The topological polar surface area (TPSA) is 106 Å². The largest absolute Gasteiger partial charge is 0.494 e. The zero-order valence-electron chi connectivity index (χ0n) is 19.2. The number of thiazole rings is 1. The Labute approximate surface area is 201 Å². The summed E-state index contributed by atoms with van der Waals surface area (Å²) >= 11 is 1.54. The highest BCUT2D eigenvalue weighted by atomic mass is 32.1. The lowest BCUT2D eigenvalue weighted by atomic mass is 9.93. The Kier molecular flexibility index (Phi) is 6.50. The quantitative estimate of drug-likeness (QED) is 0.339. The van der Waals surface area contributed by atoms with E-state index in [1.807, 2.05) is 37.5 Å². The first kappa shape index (κ1) is 22.4. The van der Waals surface area contributed by atoms with Crippen molar-refractivity contribution in [3.63, 3.8) is 0 Å². The molecule has 0 saturated heterocycles. The third kappa shape index (κ3) is 5.07. The van der Waals surface area contributed by atoms with Crippen LogP contribution in [0.4, 0.5) is 16.6 Å². The van der Waals surface area contributed by atoms with Crippen molar-refractivity contribution in [3.05, 3.63) is 48.4 Å². The van der Waals surface area contributed by atoms with Gasteiger partial charge in [-0.3, -0.25) is 4.68 Å². The lowest BCUT2D eigenvalue weighted by Gasteiger charge is -2.27. The van der Waals surface area contributed by atoms with E-state index in [0.717, 1.165) is 58.1 Å². The van der Waals surface area contributed by atoms with Gasteiger partial charge in [0.25, 0.3) is 0 Å². The molecule has 0 amide bonds. The zero-order chi connectivity index (χ0) is 23.5. The SMILES string of the molecule is COc1cc(OCc2ccnc(Nc3cnn(C)c3)c2)cc2sc(NC3CCCC[C@@H]3O)nc12. The molecular weight excluding hydrogens is 452 g/mol. The standard InChI is InChI=1S/C24H28N6O3S/c1-30-13-16(12-26-30)27-22-9-15(7-8-25-22)14-33-17-10-20(32-2)23-21(11-17)34-24(29-23)28-18-5-3-4-6-19(18)31/h7-13,18-19,31H,3-6,14H2,1-2H3,(H,25,27)(H,28,29)/t18?,19-/m0/s1. The van der Waals surface area contributed by atoms with Crippen LogP contribution in [0.2, 0.25) is 0 Å². The number of nitrogens with one attached hydrogen (secondary N) is 2. The molecule has 0 bridgehead atoms. The van der Waals surface area contributed by atoms with Crippen molar-refractivity contribution < 1.29 is 14.6 Å². The van der Waals surface area contributed by atoms with Crippen LogP contribution in [0.25, 0.3) is 10.2 Å². The average molecular weight is 481 g/mol. The van der Waals surface area contributed by atoms with Gasteiger partial charge in [0.15, 0.2) is 5.13 Å². The van der Waals surface area contributed by atoms with Gasteiger partial charge in [-0.05, 0) is 36.6 Å². The normalized spacial score (nSPS) is 18.1. The van der Waals surface area contributed by atoms with E-state index in [2.05, 4.69) is 20.7 Å². The number of rotatable bonds is 8. The monoisotopic (exact) mass is 480 g/mol. The molecule has 0 aliphatic heterocycles. The summed E-state index contributed by atoms with van der Waals surface area (Å²) in [6.45, 7) is 0.386. The second-order valence-corrected chi connectivity index (χ2v) is 9.49. The fraction of sp³-hybridized carbons (Fsp3) is 0.375. The van der Waals surface area contributed by atoms with Crippen LogP contribution in [0.5, 0.6) is 11.5 Å². The van der Waals surface area contributed by atoms with Crippen molar-refractivity contribution in [1.29, 1.82) is 0 Å². The molecule has 34 heavy (non-hydrogen) atoms. The molecule has 1 fully saturated rings. The third-order valence-electron chi connectivity index (χ3n) is 5.90. The molecule has 10 heteroatoms. The molecule has 1 aliphatic rings. The summed E-state index contributed by atoms with van der Waals surface area (Å²) in [5.74, 6) is 2.09. The Bertz CT molecular complexity index is 1270. The lowest BCUT2D eigenvalue weighted by molar-refractivity contribution is 0.116. The second kappa shape index (κ2) is 9.86. The van der Waals surface area contributed by atoms with E-state index in [-0.39, 0.29) is 12.1 Å². The first-order chi connectivity index (χ1) is 16.6. The predicted octanol–water partition coefficient (Wildman–Crippen LogP) is 4.47. The van der Waals surface area contributed by atoms with Gasteiger partial charge >= 0.3 is 0 Å². The summed E-state index contributed by atoms with van der Waals surface area (Å²) in [5.41, 5.74) is 2.65. The van der Waals surface area contributed by atoms with Gasteiger partial charge in [0, 0.05) is 25.5 Å². The van der Waals surface area contributed by atoms with Gasteiger partial charge in [-0.1, -0.05) is 24.2 Å². The molecule has 2 atom stereocenters. The molecule has 4 aromatic rings. The Hall–Kier alpha value is -3.37. The molecule has 1 aromatic carbocycles. The van der Waals surface area contributed by atoms with Gasteiger partial charge < -0.3 is 25.2 Å². The van der Waals surface area contributed by atoms with Gasteiger partial charge in [-0.2, -0.15) is 5.10 Å². The van der Waals surface area contributed by atoms with Crippen LogP contribution in [0.15, 0.2) is 42.9 Å². The summed E-state index contributed by atoms with van der Waals surface area (Å²) < 4.78 is 14.4. The molecule has 1 saturated carbocycles. The minimum Gasteiger partial charge on any atom is -0.494 e. The van der Waals surface area contributed by atoms with Gasteiger partial charge in [-0.25, -0.2) is 9.97 Å². The van der Waals surface area contributed by atoms with E-state index in [1.165, 1.54) is 0 Å². The number of hydrogen-bond acceptors (Lipinski definition) is 9. The number of hydrogen-bond donors (Lipinski definition) is 3. The third-order valence-corrected chi connectivity index (χ3v) is 6.83. The smallest absolute Gasteiger partial charge is 0.184 e. The number of aliphatic hydroxyl groups is 1. The molecule has 3 aromatic heterocycles. The number of aliphatic hydroxyl groups excluding tert-OH is 1. The molecule has 3 heterocycles. The fourth-order valence-corrected chi connectivity index (χ4v) is 5.12. The average Bonchev–Trinajstić information content (AvgIpc) is 3.44. The minimum atomic E-state index is -0.334. The lowest BCUT2D eigenvalue weighted by Crippen LogP contribution is -2.36. The molecule has 3 N–H and O–H groups in total. The van der Waals surface area contributed by atoms with Crippen molar-refractivity contribution in [2.24, 2.45) is 7.05 Å². The van der Waals surface area contributed by atoms with Crippen molar-refractivity contribution in [1.82, 2.24) is 19.7 Å². The van der Waals surface area contributed by atoms with Gasteiger partial charge in [-0.15, -0.1) is 0 Å². The Balaban J connectivity index is 1.29. The van der Waals surface area contributed by atoms with E-state index in [4.69, 9.17) is 14.5 Å². The maximum atomic E-state index is 10.3. The van der Waals surface area contributed by atoms with Crippen LogP contribution < -0.4 is 20.1 Å². The molecule has 178 valence electrons. The number of pyridine rings is 1. The zero-order valence-corrected chi connectivity index (χ0v) is 20.0. The van der Waals surface area contributed by atoms with E-state index in [0.29, 0.717) is 18.1 Å². The van der Waals surface area contributed by atoms with Crippen LogP contribution in [-0.2, 0) is 13.7 Å². The highest BCUT2D eigenvalue weighted by Crippen LogP contribution is 2.37. The molecule has 5 rings (SSSR count). The molecular formula is C24H28N6O3S. The predicted molar refractivity (Wildman–Crippen MR) is 133 cm³/mol. The van der Waals surface area contributed by atoms with Crippen LogP contribution in [0.3, 0.4) is 0 Å². The number of methoxy groups -OCH3 is 1. The number of anilines is 3. The van der Waals surface area contributed by atoms with Crippen LogP contribution in [0.1, 0.15) is 31.2 Å². The van der Waals surface area contributed by atoms with Gasteiger partial charge in [0.1, 0.15) is 29.4 Å². The van der Waals surface area contributed by atoms with E-state index >= 15 is 0 Å². The van der Waals surface area contributed by atoms with Crippen molar-refractivity contribution in [2.45, 2.75) is 44.4 Å². The number of fused-ring (bicyclic) bond motifs is 1. The molecule has 0 radical (unpaired) electrons. The summed E-state index contributed by atoms with van der Waals surface area (Å²) in [5, 5.41) is 21.9. The van der Waals surface area contributed by atoms with Crippen LogP contribution in [-0.4, -0.2) is 44.1 Å². The number of ether oxygens (including phenoxy) is 2. The number of nitrogens with zero attached hydrogens (tertiary/aromatic N) is 4. The minimum absolute atomic E-state index is 0.0391. The van der Waals surface area contributed by atoms with Crippen LogP contribution >= 0.6 is 11.3 Å². The first-order valence-corrected chi connectivity index (χ1v) is 12.2. The summed E-state index contributed by atoms with van der Waals surface area (Å²) in [6.07, 6.45) is 9.03. The number of benzene rings is 1. The Morgan fingerprint density at radius 3 is 2.91 bits per heavy atom. The maximum Gasteiger partial charge on any atom is 0.184 e. The van der Waals surface area contributed by atoms with E-state index < -0.39 is 0 Å². The highest BCUT2D eigenvalue weighted by Gasteiger charge is 2.24. The highest BCUT2D eigenvalue weighted by molar-refractivity contribution is 7.22. The Morgan fingerprint density at radius 2 is 2.12 bits per heavy atom. The number of aromatic nitrogens is 4. The number of aryl methyl sites for hydroxylation is 1. The van der Waals surface area contributed by atoms with E-state index in [1.54, 1.807) is 35.5 Å². The second-order valence-electron chi connectivity index (χ2n) is 8.46. The van der Waals surface area contributed by atoms with Crippen molar-refractivity contribution in [3.8, 4) is 11.5 Å². The summed E-state index contributed by atoms with van der Waals surface area (Å²) in [6, 6.07) is 7.75.